The highest BCUT2D eigenvalue weighted by Crippen LogP contribution is 2.31. The van der Waals surface area contributed by atoms with Gasteiger partial charge in [-0.2, -0.15) is 4.98 Å². The Morgan fingerprint density at radius 3 is 2.77 bits per heavy atom. The number of thioether (sulfide) groups is 1. The van der Waals surface area contributed by atoms with E-state index in [9.17, 15) is 9.59 Å². The Bertz CT molecular complexity index is 1040. The second kappa shape index (κ2) is 9.50. The molecule has 166 valence electrons. The number of likely N-dealkylation sites (N-methyl/N-ethyl adjacent to an activating group) is 1. The highest BCUT2D eigenvalue weighted by Gasteiger charge is 2.26. The Hall–Kier alpha value is -2.23. The molecule has 31 heavy (non-hydrogen) atoms. The first-order valence-electron chi connectivity index (χ1n) is 10.3. The molecule has 0 bridgehead atoms. The average molecular weight is 464 g/mol. The Morgan fingerprint density at radius 1 is 1.26 bits per heavy atom. The van der Waals surface area contributed by atoms with Crippen LogP contribution in [0.1, 0.15) is 17.7 Å². The van der Waals surface area contributed by atoms with Crippen LogP contribution in [0.3, 0.4) is 0 Å². The van der Waals surface area contributed by atoms with E-state index < -0.39 is 0 Å². The fourth-order valence-corrected chi connectivity index (χ4v) is 5.06. The summed E-state index contributed by atoms with van der Waals surface area (Å²) in [6, 6.07) is 5.06. The summed E-state index contributed by atoms with van der Waals surface area (Å²) >= 11 is 7.34. The SMILES string of the molecule is COc1ccc(Cl)cc1NC(=O)CSc1nc(=O)n(N2CCN(C)CC2)c2c1CCC2. The zero-order chi connectivity index (χ0) is 22.0. The first kappa shape index (κ1) is 22.0. The zero-order valence-electron chi connectivity index (χ0n) is 17.7. The Labute approximate surface area is 190 Å². The minimum Gasteiger partial charge on any atom is -0.495 e. The number of hydrogen-bond acceptors (Lipinski definition) is 7. The number of benzene rings is 1. The quantitative estimate of drug-likeness (QED) is 0.518. The Balaban J connectivity index is 1.49. The van der Waals surface area contributed by atoms with E-state index in [2.05, 4.69) is 27.3 Å². The maximum atomic E-state index is 12.9. The standard InChI is InChI=1S/C21H26ClN5O3S/c1-25-8-10-26(11-9-25)27-17-5-3-4-15(17)20(24-21(27)29)31-13-19(28)23-16-12-14(22)6-7-18(16)30-2/h6-7,12H,3-5,8-11,13H2,1-2H3,(H,23,28). The molecule has 4 rings (SSSR count). The second-order valence-corrected chi connectivity index (χ2v) is 9.13. The van der Waals surface area contributed by atoms with Crippen LogP contribution in [0, 0.1) is 0 Å². The summed E-state index contributed by atoms with van der Waals surface area (Å²) in [5.41, 5.74) is 2.40. The number of methoxy groups -OCH3 is 1. The molecular formula is C21H26ClN5O3S. The molecule has 0 spiro atoms. The van der Waals surface area contributed by atoms with E-state index in [1.165, 1.54) is 18.9 Å². The number of rotatable bonds is 6. The summed E-state index contributed by atoms with van der Waals surface area (Å²) < 4.78 is 7.05. The van der Waals surface area contributed by atoms with Gasteiger partial charge in [0.25, 0.3) is 0 Å². The molecule has 0 atom stereocenters. The number of fused-ring (bicyclic) bond motifs is 1. The molecule has 1 saturated heterocycles. The van der Waals surface area contributed by atoms with E-state index in [1.807, 2.05) is 0 Å². The molecule has 2 aromatic rings. The van der Waals surface area contributed by atoms with Crippen LogP contribution in [0.2, 0.25) is 5.02 Å². The van der Waals surface area contributed by atoms with Gasteiger partial charge >= 0.3 is 5.69 Å². The predicted octanol–water partition coefficient (Wildman–Crippen LogP) is 2.01. The number of amides is 1. The maximum absolute atomic E-state index is 12.9. The Kier molecular flexibility index (Phi) is 6.74. The third-order valence-corrected chi connectivity index (χ3v) is 6.87. The van der Waals surface area contributed by atoms with Crippen LogP contribution in [0.25, 0.3) is 0 Å². The summed E-state index contributed by atoms with van der Waals surface area (Å²) in [6.45, 7) is 3.46. The van der Waals surface area contributed by atoms with E-state index in [0.29, 0.717) is 21.5 Å². The fraction of sp³-hybridized carbons (Fsp3) is 0.476. The smallest absolute Gasteiger partial charge is 0.367 e. The summed E-state index contributed by atoms with van der Waals surface area (Å²) in [6.07, 6.45) is 2.73. The molecule has 8 nitrogen and oxygen atoms in total. The van der Waals surface area contributed by atoms with Crippen molar-refractivity contribution in [1.82, 2.24) is 14.6 Å². The lowest BCUT2D eigenvalue weighted by Gasteiger charge is -2.35. The largest absolute Gasteiger partial charge is 0.495 e. The van der Waals surface area contributed by atoms with Gasteiger partial charge in [-0.1, -0.05) is 23.4 Å². The third kappa shape index (κ3) is 4.83. The van der Waals surface area contributed by atoms with Crippen LogP contribution < -0.4 is 20.8 Å². The van der Waals surface area contributed by atoms with Gasteiger partial charge in [-0.3, -0.25) is 4.79 Å². The van der Waals surface area contributed by atoms with Crippen molar-refractivity contribution in [1.29, 1.82) is 0 Å². The monoisotopic (exact) mass is 463 g/mol. The molecule has 1 fully saturated rings. The molecule has 0 radical (unpaired) electrons. The minimum atomic E-state index is -0.260. The summed E-state index contributed by atoms with van der Waals surface area (Å²) in [7, 11) is 3.63. The van der Waals surface area contributed by atoms with Crippen LogP contribution in [0.4, 0.5) is 5.69 Å². The van der Waals surface area contributed by atoms with Gasteiger partial charge in [0, 0.05) is 36.8 Å². The number of nitrogens with one attached hydrogen (secondary N) is 1. The number of halogens is 1. The highest BCUT2D eigenvalue weighted by atomic mass is 35.5. The van der Waals surface area contributed by atoms with Crippen LogP contribution in [0.15, 0.2) is 28.0 Å². The van der Waals surface area contributed by atoms with E-state index in [1.54, 1.807) is 22.9 Å². The number of carbonyl (C=O) groups excluding carboxylic acids is 1. The van der Waals surface area contributed by atoms with Crippen molar-refractivity contribution in [3.63, 3.8) is 0 Å². The summed E-state index contributed by atoms with van der Waals surface area (Å²) in [5, 5.41) is 6.11. The van der Waals surface area contributed by atoms with Crippen molar-refractivity contribution < 1.29 is 9.53 Å². The fourth-order valence-electron chi connectivity index (χ4n) is 4.01. The van der Waals surface area contributed by atoms with Gasteiger partial charge in [0.2, 0.25) is 5.91 Å². The molecule has 10 heteroatoms. The Morgan fingerprint density at radius 2 is 2.03 bits per heavy atom. The van der Waals surface area contributed by atoms with Crippen molar-refractivity contribution in [3.05, 3.63) is 45.0 Å². The number of nitrogens with zero attached hydrogens (tertiary/aromatic N) is 4. The van der Waals surface area contributed by atoms with Crippen LogP contribution in [0.5, 0.6) is 5.75 Å². The van der Waals surface area contributed by atoms with Gasteiger partial charge < -0.3 is 20.0 Å². The van der Waals surface area contributed by atoms with Gasteiger partial charge in [0.1, 0.15) is 10.8 Å². The predicted molar refractivity (Wildman–Crippen MR) is 123 cm³/mol. The number of piperazine rings is 1. The van der Waals surface area contributed by atoms with Crippen molar-refractivity contribution in [2.75, 3.05) is 56.4 Å². The lowest BCUT2D eigenvalue weighted by molar-refractivity contribution is -0.113. The van der Waals surface area contributed by atoms with Gasteiger partial charge in [-0.25, -0.2) is 9.47 Å². The van der Waals surface area contributed by atoms with E-state index in [0.717, 1.165) is 56.7 Å². The molecule has 2 aliphatic rings. The second-order valence-electron chi connectivity index (χ2n) is 7.73. The number of anilines is 1. The maximum Gasteiger partial charge on any atom is 0.367 e. The molecule has 1 amide bonds. The van der Waals surface area contributed by atoms with E-state index in [-0.39, 0.29) is 17.3 Å². The van der Waals surface area contributed by atoms with Crippen molar-refractivity contribution in [3.8, 4) is 5.75 Å². The van der Waals surface area contributed by atoms with Gasteiger partial charge in [-0.15, -0.1) is 0 Å². The highest BCUT2D eigenvalue weighted by molar-refractivity contribution is 8.00. The molecular weight excluding hydrogens is 438 g/mol. The molecule has 1 aromatic heterocycles. The number of aromatic nitrogens is 2. The van der Waals surface area contributed by atoms with Gasteiger partial charge in [0.05, 0.1) is 24.2 Å². The summed E-state index contributed by atoms with van der Waals surface area (Å²) in [5.74, 6) is 0.478. The van der Waals surface area contributed by atoms with Crippen molar-refractivity contribution in [2.45, 2.75) is 24.3 Å². The summed E-state index contributed by atoms with van der Waals surface area (Å²) in [4.78, 5) is 32.0. The molecule has 2 heterocycles. The zero-order valence-corrected chi connectivity index (χ0v) is 19.3. The van der Waals surface area contributed by atoms with Crippen LogP contribution in [-0.2, 0) is 17.6 Å². The van der Waals surface area contributed by atoms with Gasteiger partial charge in [0.15, 0.2) is 0 Å². The molecule has 1 aliphatic carbocycles. The number of ether oxygens (including phenoxy) is 1. The molecule has 0 unspecified atom stereocenters. The average Bonchev–Trinajstić information content (AvgIpc) is 3.23. The van der Waals surface area contributed by atoms with Crippen LogP contribution >= 0.6 is 23.4 Å². The number of hydrogen-bond donors (Lipinski definition) is 1. The van der Waals surface area contributed by atoms with Crippen molar-refractivity contribution >= 4 is 35.0 Å². The third-order valence-electron chi connectivity index (χ3n) is 5.62. The number of carbonyl (C=O) groups is 1. The lowest BCUT2D eigenvalue weighted by Crippen LogP contribution is -2.54. The molecule has 1 N–H and O–H groups in total. The lowest BCUT2D eigenvalue weighted by atomic mass is 10.3. The van der Waals surface area contributed by atoms with Crippen LogP contribution in [-0.4, -0.2) is 66.6 Å². The molecule has 1 aromatic carbocycles. The topological polar surface area (TPSA) is 79.7 Å². The molecule has 0 saturated carbocycles. The van der Waals surface area contributed by atoms with Gasteiger partial charge in [-0.05, 0) is 44.5 Å². The normalized spacial score (nSPS) is 16.3. The molecule has 1 aliphatic heterocycles. The first-order chi connectivity index (χ1) is 15.0. The van der Waals surface area contributed by atoms with E-state index >= 15 is 0 Å². The first-order valence-corrected chi connectivity index (χ1v) is 11.7. The van der Waals surface area contributed by atoms with Crippen molar-refractivity contribution in [2.24, 2.45) is 0 Å². The minimum absolute atomic E-state index is 0.146. The van der Waals surface area contributed by atoms with E-state index in [4.69, 9.17) is 16.3 Å².